The molecule has 0 aromatic heterocycles. The number of anilines is 1. The number of para-hydroxylation sites is 1. The molecule has 1 aromatic rings. The predicted molar refractivity (Wildman–Crippen MR) is 73.2 cm³/mol. The Bertz CT molecular complexity index is 460. The van der Waals surface area contributed by atoms with Crippen molar-refractivity contribution in [2.75, 3.05) is 12.0 Å². The molecule has 1 saturated carbocycles. The van der Waals surface area contributed by atoms with Gasteiger partial charge in [-0.15, -0.1) is 0 Å². The number of carbonyl (C=O) groups is 1. The van der Waals surface area contributed by atoms with E-state index in [2.05, 4.69) is 12.3 Å². The van der Waals surface area contributed by atoms with Crippen LogP contribution >= 0.6 is 0 Å². The topological polar surface area (TPSA) is 58.4 Å². The highest BCUT2D eigenvalue weighted by molar-refractivity contribution is 6.00. The zero-order valence-corrected chi connectivity index (χ0v) is 11.2. The van der Waals surface area contributed by atoms with Crippen LogP contribution in [0.1, 0.15) is 43.0 Å². The smallest absolute Gasteiger partial charge is 0.256 e. The highest BCUT2D eigenvalue weighted by atomic mass is 19.1. The zero-order valence-electron chi connectivity index (χ0n) is 11.2. The number of nitrogens with two attached hydrogens (primary N) is 1. The molecule has 0 bridgehead atoms. The van der Waals surface area contributed by atoms with Crippen molar-refractivity contribution in [1.29, 1.82) is 0 Å². The second kappa shape index (κ2) is 6.02. The number of nitrogens with zero attached hydrogens (tertiary/aromatic N) is 1. The number of nitrogens with one attached hydrogen (secondary N) is 1. The third-order valence-corrected chi connectivity index (χ3v) is 3.39. The Labute approximate surface area is 112 Å². The van der Waals surface area contributed by atoms with Gasteiger partial charge in [0.25, 0.3) is 5.91 Å². The van der Waals surface area contributed by atoms with Crippen molar-refractivity contribution in [3.8, 4) is 0 Å². The lowest BCUT2D eigenvalue weighted by atomic mass is 10.1. The van der Waals surface area contributed by atoms with Crippen LogP contribution in [0.5, 0.6) is 0 Å². The quantitative estimate of drug-likeness (QED) is 0.614. The van der Waals surface area contributed by atoms with E-state index >= 15 is 0 Å². The second-order valence-corrected chi connectivity index (χ2v) is 4.89. The number of hydrazine groups is 1. The first-order valence-electron chi connectivity index (χ1n) is 6.75. The molecule has 1 fully saturated rings. The van der Waals surface area contributed by atoms with Crippen molar-refractivity contribution < 1.29 is 9.18 Å². The van der Waals surface area contributed by atoms with E-state index in [0.717, 1.165) is 32.2 Å². The third kappa shape index (κ3) is 3.04. The largest absolute Gasteiger partial charge is 0.336 e. The van der Waals surface area contributed by atoms with Gasteiger partial charge in [0.2, 0.25) is 0 Å². The molecule has 0 aliphatic heterocycles. The van der Waals surface area contributed by atoms with E-state index in [-0.39, 0.29) is 11.6 Å². The maximum absolute atomic E-state index is 13.6. The second-order valence-electron chi connectivity index (χ2n) is 4.89. The number of rotatable bonds is 6. The van der Waals surface area contributed by atoms with Crippen molar-refractivity contribution in [3.05, 3.63) is 29.6 Å². The van der Waals surface area contributed by atoms with Gasteiger partial charge in [-0.1, -0.05) is 19.4 Å². The van der Waals surface area contributed by atoms with Crippen LogP contribution in [-0.4, -0.2) is 23.4 Å². The first-order chi connectivity index (χ1) is 9.19. The number of amides is 1. The fourth-order valence-corrected chi connectivity index (χ4v) is 2.17. The SMILES string of the molecule is CCCCN(C(=O)c1cccc(F)c1NN)C1CC1. The monoisotopic (exact) mass is 265 g/mol. The Morgan fingerprint density at radius 1 is 1.53 bits per heavy atom. The number of benzene rings is 1. The number of carbonyl (C=O) groups excluding carboxylic acids is 1. The van der Waals surface area contributed by atoms with Gasteiger partial charge in [0.1, 0.15) is 5.82 Å². The minimum absolute atomic E-state index is 0.0784. The van der Waals surface area contributed by atoms with Gasteiger partial charge >= 0.3 is 0 Å². The van der Waals surface area contributed by atoms with E-state index in [9.17, 15) is 9.18 Å². The maximum atomic E-state index is 13.6. The molecule has 5 heteroatoms. The summed E-state index contributed by atoms with van der Waals surface area (Å²) in [5.74, 6) is 4.68. The Morgan fingerprint density at radius 3 is 2.84 bits per heavy atom. The summed E-state index contributed by atoms with van der Waals surface area (Å²) in [6.45, 7) is 2.81. The van der Waals surface area contributed by atoms with Crippen LogP contribution in [0.3, 0.4) is 0 Å². The summed E-state index contributed by atoms with van der Waals surface area (Å²) in [5, 5.41) is 0. The maximum Gasteiger partial charge on any atom is 0.256 e. The molecule has 4 nitrogen and oxygen atoms in total. The average Bonchev–Trinajstić information content (AvgIpc) is 3.23. The Morgan fingerprint density at radius 2 is 2.26 bits per heavy atom. The molecule has 19 heavy (non-hydrogen) atoms. The zero-order chi connectivity index (χ0) is 13.8. The lowest BCUT2D eigenvalue weighted by Gasteiger charge is -2.23. The molecule has 1 aliphatic carbocycles. The predicted octanol–water partition coefficient (Wildman–Crippen LogP) is 2.52. The number of unbranched alkanes of at least 4 members (excludes halogenated alkanes) is 1. The van der Waals surface area contributed by atoms with Gasteiger partial charge in [0.15, 0.2) is 0 Å². The Hall–Kier alpha value is -1.62. The van der Waals surface area contributed by atoms with Crippen LogP contribution in [0.4, 0.5) is 10.1 Å². The van der Waals surface area contributed by atoms with Gasteiger partial charge in [-0.25, -0.2) is 4.39 Å². The van der Waals surface area contributed by atoms with E-state index in [1.165, 1.54) is 12.1 Å². The van der Waals surface area contributed by atoms with Crippen molar-refractivity contribution >= 4 is 11.6 Å². The molecule has 0 heterocycles. The molecule has 2 rings (SSSR count). The van der Waals surface area contributed by atoms with Gasteiger partial charge in [-0.2, -0.15) is 0 Å². The first-order valence-corrected chi connectivity index (χ1v) is 6.75. The fourth-order valence-electron chi connectivity index (χ4n) is 2.17. The van der Waals surface area contributed by atoms with Crippen molar-refractivity contribution in [2.24, 2.45) is 5.84 Å². The normalized spacial score (nSPS) is 14.3. The lowest BCUT2D eigenvalue weighted by Crippen LogP contribution is -2.34. The first kappa shape index (κ1) is 13.8. The number of halogens is 1. The number of hydrogen-bond donors (Lipinski definition) is 2. The van der Waals surface area contributed by atoms with Crippen LogP contribution in [0, 0.1) is 5.82 Å². The van der Waals surface area contributed by atoms with Gasteiger partial charge in [0.05, 0.1) is 11.3 Å². The minimum Gasteiger partial charge on any atom is -0.336 e. The Kier molecular flexibility index (Phi) is 4.37. The summed E-state index contributed by atoms with van der Waals surface area (Å²) < 4.78 is 13.6. The molecule has 3 N–H and O–H groups in total. The third-order valence-electron chi connectivity index (χ3n) is 3.39. The van der Waals surface area contributed by atoms with E-state index < -0.39 is 5.82 Å². The van der Waals surface area contributed by atoms with E-state index in [4.69, 9.17) is 5.84 Å². The van der Waals surface area contributed by atoms with Crippen molar-refractivity contribution in [1.82, 2.24) is 4.90 Å². The van der Waals surface area contributed by atoms with Crippen LogP contribution in [0.25, 0.3) is 0 Å². The fraction of sp³-hybridized carbons (Fsp3) is 0.500. The Balaban J connectivity index is 2.23. The molecule has 1 amide bonds. The lowest BCUT2D eigenvalue weighted by molar-refractivity contribution is 0.0741. The molecule has 0 unspecified atom stereocenters. The molecule has 0 radical (unpaired) electrons. The van der Waals surface area contributed by atoms with Crippen LogP contribution in [-0.2, 0) is 0 Å². The summed E-state index contributed by atoms with van der Waals surface area (Å²) >= 11 is 0. The van der Waals surface area contributed by atoms with Crippen molar-refractivity contribution in [2.45, 2.75) is 38.6 Å². The van der Waals surface area contributed by atoms with Gasteiger partial charge in [-0.3, -0.25) is 10.6 Å². The minimum atomic E-state index is -0.500. The van der Waals surface area contributed by atoms with Crippen LogP contribution in [0.2, 0.25) is 0 Å². The van der Waals surface area contributed by atoms with Gasteiger partial charge in [0, 0.05) is 12.6 Å². The molecular formula is C14H20FN3O. The van der Waals surface area contributed by atoms with Crippen LogP contribution < -0.4 is 11.3 Å². The van der Waals surface area contributed by atoms with Crippen LogP contribution in [0.15, 0.2) is 18.2 Å². The highest BCUT2D eigenvalue weighted by Gasteiger charge is 2.33. The number of nitrogen functional groups attached to an aromatic ring is 1. The summed E-state index contributed by atoms with van der Waals surface area (Å²) in [6, 6.07) is 4.75. The van der Waals surface area contributed by atoms with Crippen molar-refractivity contribution in [3.63, 3.8) is 0 Å². The molecular weight excluding hydrogens is 245 g/mol. The molecule has 104 valence electrons. The summed E-state index contributed by atoms with van der Waals surface area (Å²) in [4.78, 5) is 14.4. The molecule has 0 spiro atoms. The summed E-state index contributed by atoms with van der Waals surface area (Å²) in [5.41, 5.74) is 2.68. The van der Waals surface area contributed by atoms with E-state index in [1.807, 2.05) is 4.90 Å². The summed E-state index contributed by atoms with van der Waals surface area (Å²) in [7, 11) is 0. The number of hydrogen-bond acceptors (Lipinski definition) is 3. The molecule has 1 aliphatic rings. The molecule has 0 saturated heterocycles. The summed E-state index contributed by atoms with van der Waals surface area (Å²) in [6.07, 6.45) is 4.07. The standard InChI is InChI=1S/C14H20FN3O/c1-2-3-9-18(10-7-8-10)14(19)11-5-4-6-12(15)13(11)17-16/h4-6,10,17H,2-3,7-9,16H2,1H3. The van der Waals surface area contributed by atoms with Gasteiger partial charge < -0.3 is 10.3 Å². The average molecular weight is 265 g/mol. The molecule has 1 aromatic carbocycles. The molecule has 0 atom stereocenters. The highest BCUT2D eigenvalue weighted by Crippen LogP contribution is 2.30. The van der Waals surface area contributed by atoms with E-state index in [0.29, 0.717) is 11.6 Å². The van der Waals surface area contributed by atoms with E-state index in [1.54, 1.807) is 6.07 Å². The van der Waals surface area contributed by atoms with Gasteiger partial charge in [-0.05, 0) is 31.4 Å².